The number of fused-ring (bicyclic) bond motifs is 4. The molecule has 0 fully saturated rings. The van der Waals surface area contributed by atoms with Crippen LogP contribution in [0.1, 0.15) is 22.3 Å². The van der Waals surface area contributed by atoms with Gasteiger partial charge in [0, 0.05) is 43.7 Å². The number of aromatic nitrogens is 2. The summed E-state index contributed by atoms with van der Waals surface area (Å²) in [6, 6.07) is 4.78. The van der Waals surface area contributed by atoms with Crippen molar-refractivity contribution in [2.45, 2.75) is 12.6 Å². The van der Waals surface area contributed by atoms with Crippen LogP contribution in [0.15, 0.2) is 24.4 Å². The molecular weight excluding hydrogens is 363 g/mol. The number of ether oxygens (including phenoxy) is 1. The zero-order valence-electron chi connectivity index (χ0n) is 14.7. The maximum atomic E-state index is 13.2. The smallest absolute Gasteiger partial charge is 0.421 e. The summed E-state index contributed by atoms with van der Waals surface area (Å²) >= 11 is 0. The van der Waals surface area contributed by atoms with Gasteiger partial charge in [0.1, 0.15) is 17.1 Å². The Morgan fingerprint density at radius 3 is 2.74 bits per heavy atom. The summed E-state index contributed by atoms with van der Waals surface area (Å²) < 4.78 is 44.8. The van der Waals surface area contributed by atoms with Gasteiger partial charge in [0.25, 0.3) is 5.91 Å². The number of halogens is 3. The predicted octanol–water partition coefficient (Wildman–Crippen LogP) is 3.14. The average Bonchev–Trinajstić information content (AvgIpc) is 2.63. The number of benzene rings is 1. The Balaban J connectivity index is 2.06. The minimum atomic E-state index is -4.58. The Morgan fingerprint density at radius 1 is 1.26 bits per heavy atom. The molecule has 0 atom stereocenters. The summed E-state index contributed by atoms with van der Waals surface area (Å²) in [6.07, 6.45) is -3.40. The van der Waals surface area contributed by atoms with E-state index in [1.54, 1.807) is 25.2 Å². The topological polar surface area (TPSA) is 79.4 Å². The first-order valence-corrected chi connectivity index (χ1v) is 8.17. The second-order valence-electron chi connectivity index (χ2n) is 6.04. The van der Waals surface area contributed by atoms with E-state index in [0.29, 0.717) is 30.0 Å². The SMILES string of the molecule is COc1cc2cc(c1)C(=O)N(C)CCCNc1nc(ncc1C(F)(F)F)N2. The highest BCUT2D eigenvalue weighted by Gasteiger charge is 2.35. The molecule has 3 rings (SSSR count). The van der Waals surface area contributed by atoms with Crippen molar-refractivity contribution >= 4 is 23.4 Å². The lowest BCUT2D eigenvalue weighted by Gasteiger charge is -2.18. The van der Waals surface area contributed by atoms with Crippen LogP contribution >= 0.6 is 0 Å². The lowest BCUT2D eigenvalue weighted by Crippen LogP contribution is -2.29. The van der Waals surface area contributed by atoms with Gasteiger partial charge in [0.05, 0.1) is 7.11 Å². The number of carbonyl (C=O) groups excluding carboxylic acids is 1. The van der Waals surface area contributed by atoms with Crippen LogP contribution in [-0.2, 0) is 6.18 Å². The molecule has 2 aromatic rings. The molecule has 0 unspecified atom stereocenters. The molecule has 2 N–H and O–H groups in total. The summed E-state index contributed by atoms with van der Waals surface area (Å²) in [6.45, 7) is 0.586. The first kappa shape index (κ1) is 18.7. The van der Waals surface area contributed by atoms with Crippen molar-refractivity contribution in [3.63, 3.8) is 0 Å². The summed E-state index contributed by atoms with van der Waals surface area (Å²) in [4.78, 5) is 21.8. The molecule has 4 bridgehead atoms. The maximum absolute atomic E-state index is 13.2. The second-order valence-corrected chi connectivity index (χ2v) is 6.04. The van der Waals surface area contributed by atoms with Crippen molar-refractivity contribution in [1.29, 1.82) is 0 Å². The van der Waals surface area contributed by atoms with Crippen LogP contribution in [0.3, 0.4) is 0 Å². The van der Waals surface area contributed by atoms with Crippen LogP contribution in [0, 0.1) is 0 Å². The van der Waals surface area contributed by atoms with E-state index in [1.807, 2.05) is 0 Å². The third-order valence-corrected chi connectivity index (χ3v) is 4.05. The number of methoxy groups -OCH3 is 1. The average molecular weight is 381 g/mol. The first-order chi connectivity index (χ1) is 12.8. The Hall–Kier alpha value is -3.04. The number of amides is 1. The van der Waals surface area contributed by atoms with Gasteiger partial charge in [0.15, 0.2) is 0 Å². The van der Waals surface area contributed by atoms with Crippen molar-refractivity contribution in [1.82, 2.24) is 14.9 Å². The highest BCUT2D eigenvalue weighted by molar-refractivity contribution is 5.95. The Kier molecular flexibility index (Phi) is 5.06. The Bertz CT molecular complexity index is 857. The zero-order chi connectivity index (χ0) is 19.6. The summed E-state index contributed by atoms with van der Waals surface area (Å²) in [5, 5.41) is 5.52. The Labute approximate surface area is 153 Å². The molecule has 0 saturated heterocycles. The van der Waals surface area contributed by atoms with Gasteiger partial charge in [-0.15, -0.1) is 0 Å². The number of hydrogen-bond donors (Lipinski definition) is 2. The van der Waals surface area contributed by atoms with E-state index >= 15 is 0 Å². The molecule has 0 aliphatic carbocycles. The standard InChI is InChI=1S/C17H18F3N5O2/c1-25-5-3-4-21-14-13(17(18,19)20)9-22-16(24-14)23-11-6-10(15(25)26)7-12(8-11)27-2/h6-9H,3-5H2,1-2H3,(H2,21,22,23,24). The van der Waals surface area contributed by atoms with Gasteiger partial charge in [-0.1, -0.05) is 0 Å². The zero-order valence-corrected chi connectivity index (χ0v) is 14.7. The fraction of sp³-hybridized carbons (Fsp3) is 0.353. The highest BCUT2D eigenvalue weighted by Crippen LogP contribution is 2.34. The Morgan fingerprint density at radius 2 is 2.04 bits per heavy atom. The number of hydrogen-bond acceptors (Lipinski definition) is 6. The third-order valence-electron chi connectivity index (χ3n) is 4.05. The molecule has 1 aromatic carbocycles. The lowest BCUT2D eigenvalue weighted by atomic mass is 10.1. The number of alkyl halides is 3. The summed E-state index contributed by atoms with van der Waals surface area (Å²) in [7, 11) is 3.09. The summed E-state index contributed by atoms with van der Waals surface area (Å²) in [5.74, 6) is -0.127. The fourth-order valence-electron chi connectivity index (χ4n) is 2.67. The van der Waals surface area contributed by atoms with Gasteiger partial charge in [-0.2, -0.15) is 18.2 Å². The van der Waals surface area contributed by atoms with E-state index in [2.05, 4.69) is 20.6 Å². The number of anilines is 3. The van der Waals surface area contributed by atoms with Gasteiger partial charge in [-0.05, 0) is 18.6 Å². The molecule has 144 valence electrons. The van der Waals surface area contributed by atoms with E-state index < -0.39 is 11.7 Å². The third kappa shape index (κ3) is 4.21. The van der Waals surface area contributed by atoms with E-state index in [9.17, 15) is 18.0 Å². The molecule has 1 amide bonds. The second kappa shape index (κ2) is 7.29. The molecule has 27 heavy (non-hydrogen) atoms. The summed E-state index contributed by atoms with van der Waals surface area (Å²) in [5.41, 5.74) is -0.131. The molecule has 10 heteroatoms. The van der Waals surface area contributed by atoms with Crippen LogP contribution in [-0.4, -0.2) is 48.0 Å². The molecule has 7 nitrogen and oxygen atoms in total. The van der Waals surface area contributed by atoms with Gasteiger partial charge in [-0.25, -0.2) is 4.98 Å². The number of nitrogens with zero attached hydrogens (tertiary/aromatic N) is 3. The van der Waals surface area contributed by atoms with Gasteiger partial charge in [-0.3, -0.25) is 4.79 Å². The van der Waals surface area contributed by atoms with Gasteiger partial charge in [0.2, 0.25) is 5.95 Å². The highest BCUT2D eigenvalue weighted by atomic mass is 19.4. The number of rotatable bonds is 1. The van der Waals surface area contributed by atoms with Crippen molar-refractivity contribution in [2.24, 2.45) is 0 Å². The molecular formula is C17H18F3N5O2. The van der Waals surface area contributed by atoms with Crippen molar-refractivity contribution < 1.29 is 22.7 Å². The van der Waals surface area contributed by atoms with Crippen LogP contribution in [0.2, 0.25) is 0 Å². The molecule has 0 radical (unpaired) electrons. The maximum Gasteiger partial charge on any atom is 0.421 e. The van der Waals surface area contributed by atoms with Gasteiger partial charge >= 0.3 is 6.18 Å². The van der Waals surface area contributed by atoms with Crippen LogP contribution in [0.4, 0.5) is 30.6 Å². The van der Waals surface area contributed by atoms with E-state index in [1.165, 1.54) is 12.0 Å². The molecule has 1 aromatic heterocycles. The van der Waals surface area contributed by atoms with Crippen LogP contribution < -0.4 is 15.4 Å². The van der Waals surface area contributed by atoms with Crippen molar-refractivity contribution in [3.8, 4) is 5.75 Å². The molecule has 0 saturated carbocycles. The minimum absolute atomic E-state index is 0.0234. The molecule has 1 aliphatic rings. The quantitative estimate of drug-likeness (QED) is 0.790. The van der Waals surface area contributed by atoms with E-state index in [4.69, 9.17) is 4.74 Å². The van der Waals surface area contributed by atoms with Crippen LogP contribution in [0.5, 0.6) is 5.75 Å². The monoisotopic (exact) mass is 381 g/mol. The first-order valence-electron chi connectivity index (χ1n) is 8.17. The van der Waals surface area contributed by atoms with Crippen LogP contribution in [0.25, 0.3) is 0 Å². The normalized spacial score (nSPS) is 15.0. The fourth-order valence-corrected chi connectivity index (χ4v) is 2.67. The largest absolute Gasteiger partial charge is 0.497 e. The molecule has 1 aliphatic heterocycles. The van der Waals surface area contributed by atoms with Crippen molar-refractivity contribution in [2.75, 3.05) is 37.9 Å². The predicted molar refractivity (Wildman–Crippen MR) is 93.4 cm³/mol. The molecule has 2 heterocycles. The molecule has 0 spiro atoms. The number of nitrogens with one attached hydrogen (secondary N) is 2. The van der Waals surface area contributed by atoms with E-state index in [-0.39, 0.29) is 24.2 Å². The van der Waals surface area contributed by atoms with Crippen molar-refractivity contribution in [3.05, 3.63) is 35.5 Å². The van der Waals surface area contributed by atoms with Gasteiger partial charge < -0.3 is 20.3 Å². The number of carbonyl (C=O) groups is 1. The lowest BCUT2D eigenvalue weighted by molar-refractivity contribution is -0.137. The van der Waals surface area contributed by atoms with E-state index in [0.717, 1.165) is 6.20 Å². The minimum Gasteiger partial charge on any atom is -0.497 e.